The molecule has 0 nitrogen and oxygen atoms in total. The van der Waals surface area contributed by atoms with Crippen molar-refractivity contribution in [2.75, 3.05) is 0 Å². The third-order valence-corrected chi connectivity index (χ3v) is 0. The molecular formula is C3H9CuLi2. The first-order chi connectivity index (χ1) is 0. The van der Waals surface area contributed by atoms with Crippen LogP contribution in [0, 0.1) is 22.3 Å². The SMILES string of the molecule is [CH3-].[CH3-].[CH3-].[Cu+2].[Li+].[Li]. The van der Waals surface area contributed by atoms with Crippen LogP contribution in [0.4, 0.5) is 0 Å². The van der Waals surface area contributed by atoms with Crippen molar-refractivity contribution in [2.45, 2.75) is 0 Å². The van der Waals surface area contributed by atoms with Crippen molar-refractivity contribution in [3.8, 4) is 0 Å². The summed E-state index contributed by atoms with van der Waals surface area (Å²) in [7, 11) is 0. The van der Waals surface area contributed by atoms with E-state index in [4.69, 9.17) is 0 Å². The van der Waals surface area contributed by atoms with Crippen LogP contribution in [-0.2, 0) is 17.1 Å². The Balaban J connectivity index is 0. The molecule has 0 aromatic carbocycles. The van der Waals surface area contributed by atoms with Crippen molar-refractivity contribution in [1.29, 1.82) is 0 Å². The molecular weight excluding hydrogens is 113 g/mol. The van der Waals surface area contributed by atoms with Gasteiger partial charge < -0.3 is 22.3 Å². The zero-order valence-electron chi connectivity index (χ0n) is 5.30. The minimum Gasteiger partial charge on any atom is -0.358 e. The zero-order valence-corrected chi connectivity index (χ0v) is 6.24. The minimum atomic E-state index is 0. The molecule has 6 heavy (non-hydrogen) atoms. The number of hydrogen-bond donors (Lipinski definition) is 0. The van der Waals surface area contributed by atoms with E-state index in [1.807, 2.05) is 0 Å². The Morgan fingerprint density at radius 3 is 0.667 bits per heavy atom. The van der Waals surface area contributed by atoms with Crippen LogP contribution >= 0.6 is 0 Å². The molecule has 0 N–H and O–H groups in total. The molecule has 0 aromatic heterocycles. The molecule has 0 rings (SSSR count). The van der Waals surface area contributed by atoms with E-state index >= 15 is 0 Å². The Labute approximate surface area is 76.7 Å². The molecule has 0 spiro atoms. The Morgan fingerprint density at radius 1 is 0.667 bits per heavy atom. The first-order valence-electron chi connectivity index (χ1n) is 0. The van der Waals surface area contributed by atoms with E-state index in [0.717, 1.165) is 0 Å². The molecule has 0 fully saturated rings. The summed E-state index contributed by atoms with van der Waals surface area (Å²) in [5.74, 6) is 0. The average molecular weight is 123 g/mol. The van der Waals surface area contributed by atoms with Gasteiger partial charge >= 0.3 is 35.9 Å². The van der Waals surface area contributed by atoms with Gasteiger partial charge in [0.15, 0.2) is 0 Å². The summed E-state index contributed by atoms with van der Waals surface area (Å²) < 4.78 is 0. The molecule has 3 heteroatoms. The molecule has 0 aliphatic carbocycles. The fourth-order valence-corrected chi connectivity index (χ4v) is 0. The fraction of sp³-hybridized carbons (Fsp3) is 0. The molecule has 0 aliphatic rings. The quantitative estimate of drug-likeness (QED) is 0.257. The molecule has 0 bridgehead atoms. The smallest absolute Gasteiger partial charge is 0.358 e. The van der Waals surface area contributed by atoms with E-state index in [-0.39, 0.29) is 77.1 Å². The van der Waals surface area contributed by atoms with Gasteiger partial charge in [0.1, 0.15) is 0 Å². The fourth-order valence-electron chi connectivity index (χ4n) is 0. The normalized spacial score (nSPS) is 0. The van der Waals surface area contributed by atoms with Crippen molar-refractivity contribution in [3.63, 3.8) is 0 Å². The Bertz CT molecular complexity index is 8.75. The van der Waals surface area contributed by atoms with Crippen LogP contribution in [0.25, 0.3) is 0 Å². The topological polar surface area (TPSA) is 0 Å². The van der Waals surface area contributed by atoms with Gasteiger partial charge in [-0.2, -0.15) is 0 Å². The van der Waals surface area contributed by atoms with Gasteiger partial charge in [-0.1, -0.05) is 0 Å². The van der Waals surface area contributed by atoms with E-state index in [1.54, 1.807) is 0 Å². The molecule has 0 atom stereocenters. The van der Waals surface area contributed by atoms with Crippen molar-refractivity contribution in [2.24, 2.45) is 0 Å². The summed E-state index contributed by atoms with van der Waals surface area (Å²) in [6.07, 6.45) is 0. The second kappa shape index (κ2) is 74.6. The second-order valence-corrected chi connectivity index (χ2v) is 0. The van der Waals surface area contributed by atoms with Crippen LogP contribution in [0.2, 0.25) is 0 Å². The van der Waals surface area contributed by atoms with Gasteiger partial charge in [0.25, 0.3) is 0 Å². The molecule has 0 aromatic rings. The predicted molar refractivity (Wildman–Crippen MR) is 25.0 cm³/mol. The second-order valence-electron chi connectivity index (χ2n) is 0. The summed E-state index contributed by atoms with van der Waals surface area (Å²) in [6.45, 7) is 0. The summed E-state index contributed by atoms with van der Waals surface area (Å²) in [5.41, 5.74) is 0. The summed E-state index contributed by atoms with van der Waals surface area (Å²) >= 11 is 0. The maximum absolute atomic E-state index is 0. The molecule has 0 saturated heterocycles. The Morgan fingerprint density at radius 2 is 0.667 bits per heavy atom. The molecule has 2 radical (unpaired) electrons. The van der Waals surface area contributed by atoms with E-state index in [1.165, 1.54) is 0 Å². The minimum absolute atomic E-state index is 0. The number of hydrogen-bond acceptors (Lipinski definition) is 0. The van der Waals surface area contributed by atoms with Crippen molar-refractivity contribution >= 4 is 18.9 Å². The maximum atomic E-state index is 0. The maximum Gasteiger partial charge on any atom is 2.00 e. The third-order valence-electron chi connectivity index (χ3n) is 0. The Kier molecular flexibility index (Phi) is 1470. The molecule has 0 unspecified atom stereocenters. The third kappa shape index (κ3) is 43.2. The van der Waals surface area contributed by atoms with Crippen LogP contribution < -0.4 is 18.9 Å². The summed E-state index contributed by atoms with van der Waals surface area (Å²) in [4.78, 5) is 0. The van der Waals surface area contributed by atoms with Crippen molar-refractivity contribution in [1.82, 2.24) is 0 Å². The largest absolute Gasteiger partial charge is 2.00 e. The van der Waals surface area contributed by atoms with Crippen molar-refractivity contribution in [3.05, 3.63) is 22.3 Å². The van der Waals surface area contributed by atoms with Gasteiger partial charge in [-0.25, -0.2) is 0 Å². The van der Waals surface area contributed by atoms with E-state index in [0.29, 0.717) is 0 Å². The number of rotatable bonds is 0. The van der Waals surface area contributed by atoms with Crippen LogP contribution in [0.3, 0.4) is 0 Å². The molecule has 0 saturated carbocycles. The van der Waals surface area contributed by atoms with Gasteiger partial charge in [0, 0.05) is 18.9 Å². The van der Waals surface area contributed by atoms with Gasteiger partial charge in [-0.15, -0.1) is 0 Å². The predicted octanol–water partition coefficient (Wildman–Crippen LogP) is -2.03. The van der Waals surface area contributed by atoms with E-state index in [9.17, 15) is 0 Å². The molecule has 34 valence electrons. The summed E-state index contributed by atoms with van der Waals surface area (Å²) in [5, 5.41) is 0. The molecule has 0 aliphatic heterocycles. The first-order valence-corrected chi connectivity index (χ1v) is 0. The average Bonchev–Trinajstić information content (AvgIpc) is 0. The van der Waals surface area contributed by atoms with Crippen LogP contribution in [0.5, 0.6) is 0 Å². The first kappa shape index (κ1) is 118. The summed E-state index contributed by atoms with van der Waals surface area (Å²) in [6, 6.07) is 0. The zero-order chi connectivity index (χ0) is 0. The van der Waals surface area contributed by atoms with E-state index < -0.39 is 0 Å². The van der Waals surface area contributed by atoms with Crippen LogP contribution in [-0.4, -0.2) is 18.9 Å². The van der Waals surface area contributed by atoms with Gasteiger partial charge in [-0.05, 0) is 0 Å². The van der Waals surface area contributed by atoms with Crippen LogP contribution in [0.15, 0.2) is 0 Å². The van der Waals surface area contributed by atoms with E-state index in [2.05, 4.69) is 0 Å². The monoisotopic (exact) mass is 122 g/mol. The molecule has 0 heterocycles. The van der Waals surface area contributed by atoms with Gasteiger partial charge in [0.05, 0.1) is 0 Å². The van der Waals surface area contributed by atoms with Gasteiger partial charge in [0.2, 0.25) is 0 Å². The van der Waals surface area contributed by atoms with Crippen molar-refractivity contribution < 1.29 is 35.9 Å². The molecule has 0 amide bonds. The van der Waals surface area contributed by atoms with Gasteiger partial charge in [-0.3, -0.25) is 0 Å². The van der Waals surface area contributed by atoms with Crippen LogP contribution in [0.1, 0.15) is 0 Å². The Hall–Kier alpha value is 1.71. The standard InChI is InChI=1S/3CH3.Cu.2Li/h3*1H3;;;/q3*-1;+2;;+1.